The van der Waals surface area contributed by atoms with Gasteiger partial charge in [0, 0.05) is 24.3 Å². The van der Waals surface area contributed by atoms with Gasteiger partial charge >= 0.3 is 0 Å². The molecule has 0 heterocycles. The zero-order valence-corrected chi connectivity index (χ0v) is 14.4. The fourth-order valence-corrected chi connectivity index (χ4v) is 2.30. The molecule has 0 aliphatic carbocycles. The molecule has 0 saturated carbocycles. The minimum atomic E-state index is -0.0394. The van der Waals surface area contributed by atoms with Crippen LogP contribution in [0.1, 0.15) is 38.3 Å². The van der Waals surface area contributed by atoms with Gasteiger partial charge in [0.15, 0.2) is 0 Å². The smallest absolute Gasteiger partial charge is 0.226 e. The Hall–Kier alpha value is -2.80. The Morgan fingerprint density at radius 2 is 1.79 bits per heavy atom. The number of nitrogens with zero attached hydrogens (tertiary/aromatic N) is 1. The van der Waals surface area contributed by atoms with Gasteiger partial charge in [-0.15, -0.1) is 0 Å². The molecule has 0 saturated heterocycles. The Balaban J connectivity index is 1.82. The fraction of sp³-hybridized carbons (Fsp3) is 0.300. The second-order valence-corrected chi connectivity index (χ2v) is 6.74. The second-order valence-electron chi connectivity index (χ2n) is 6.74. The molecular weight excluding hydrogens is 298 g/mol. The molecule has 0 radical (unpaired) electrons. The summed E-state index contributed by atoms with van der Waals surface area (Å²) in [4.78, 5) is 12.0. The summed E-state index contributed by atoms with van der Waals surface area (Å²) < 4.78 is 0. The number of benzene rings is 2. The summed E-state index contributed by atoms with van der Waals surface area (Å²) in [6.45, 7) is 7.00. The third kappa shape index (κ3) is 5.13. The van der Waals surface area contributed by atoms with Crippen molar-refractivity contribution in [3.63, 3.8) is 0 Å². The SMILES string of the molecule is CC(C)(C)c1ccc(NC(=O)CCNc2cccc(C#N)c2)cc1. The molecule has 0 unspecified atom stereocenters. The number of carbonyl (C=O) groups excluding carboxylic acids is 1. The van der Waals surface area contributed by atoms with Crippen molar-refractivity contribution in [1.82, 2.24) is 0 Å². The molecule has 2 rings (SSSR count). The lowest BCUT2D eigenvalue weighted by Crippen LogP contribution is -2.16. The first-order valence-corrected chi connectivity index (χ1v) is 8.03. The molecule has 0 bridgehead atoms. The van der Waals surface area contributed by atoms with Crippen LogP contribution in [0.2, 0.25) is 0 Å². The first-order valence-electron chi connectivity index (χ1n) is 8.03. The maximum atomic E-state index is 12.0. The Kier molecular flexibility index (Phi) is 5.59. The van der Waals surface area contributed by atoms with Crippen LogP contribution in [0.25, 0.3) is 0 Å². The van der Waals surface area contributed by atoms with E-state index in [1.807, 2.05) is 36.4 Å². The summed E-state index contributed by atoms with van der Waals surface area (Å²) >= 11 is 0. The van der Waals surface area contributed by atoms with Crippen LogP contribution in [0.5, 0.6) is 0 Å². The molecule has 24 heavy (non-hydrogen) atoms. The van der Waals surface area contributed by atoms with Gasteiger partial charge in [0.25, 0.3) is 0 Å². The third-order valence-electron chi connectivity index (χ3n) is 3.71. The number of hydrogen-bond donors (Lipinski definition) is 2. The molecule has 0 spiro atoms. The molecule has 124 valence electrons. The molecule has 2 aromatic carbocycles. The topological polar surface area (TPSA) is 64.9 Å². The molecule has 0 aliphatic heterocycles. The van der Waals surface area contributed by atoms with E-state index in [9.17, 15) is 4.79 Å². The first-order chi connectivity index (χ1) is 11.4. The van der Waals surface area contributed by atoms with Gasteiger partial charge in [0.1, 0.15) is 0 Å². The zero-order valence-electron chi connectivity index (χ0n) is 14.4. The highest BCUT2D eigenvalue weighted by Crippen LogP contribution is 2.23. The maximum Gasteiger partial charge on any atom is 0.226 e. The van der Waals surface area contributed by atoms with Crippen molar-refractivity contribution in [2.45, 2.75) is 32.6 Å². The zero-order chi connectivity index (χ0) is 17.6. The van der Waals surface area contributed by atoms with E-state index in [1.165, 1.54) is 5.56 Å². The van der Waals surface area contributed by atoms with E-state index in [0.29, 0.717) is 18.5 Å². The molecule has 0 fully saturated rings. The minimum absolute atomic E-state index is 0.0394. The summed E-state index contributed by atoms with van der Waals surface area (Å²) in [7, 11) is 0. The van der Waals surface area contributed by atoms with Crippen LogP contribution in [0.3, 0.4) is 0 Å². The van der Waals surface area contributed by atoms with Crippen molar-refractivity contribution < 1.29 is 4.79 Å². The van der Waals surface area contributed by atoms with E-state index >= 15 is 0 Å². The van der Waals surface area contributed by atoms with Gasteiger partial charge in [-0.2, -0.15) is 5.26 Å². The molecule has 1 amide bonds. The summed E-state index contributed by atoms with van der Waals surface area (Å²) in [6, 6.07) is 17.3. The summed E-state index contributed by atoms with van der Waals surface area (Å²) in [5.74, 6) is -0.0394. The average Bonchev–Trinajstić information content (AvgIpc) is 2.54. The van der Waals surface area contributed by atoms with Crippen molar-refractivity contribution in [1.29, 1.82) is 5.26 Å². The number of hydrogen-bond acceptors (Lipinski definition) is 3. The van der Waals surface area contributed by atoms with Gasteiger partial charge < -0.3 is 10.6 Å². The summed E-state index contributed by atoms with van der Waals surface area (Å²) in [6.07, 6.45) is 0.359. The van der Waals surface area contributed by atoms with Gasteiger partial charge in [-0.25, -0.2) is 0 Å². The highest BCUT2D eigenvalue weighted by atomic mass is 16.1. The highest BCUT2D eigenvalue weighted by molar-refractivity contribution is 5.91. The van der Waals surface area contributed by atoms with Crippen LogP contribution in [0.4, 0.5) is 11.4 Å². The molecule has 2 aromatic rings. The average molecular weight is 321 g/mol. The van der Waals surface area contributed by atoms with E-state index in [-0.39, 0.29) is 11.3 Å². The lowest BCUT2D eigenvalue weighted by molar-refractivity contribution is -0.115. The fourth-order valence-electron chi connectivity index (χ4n) is 2.30. The number of nitrogens with one attached hydrogen (secondary N) is 2. The molecule has 4 heteroatoms. The number of anilines is 2. The van der Waals surface area contributed by atoms with Crippen molar-refractivity contribution in [3.8, 4) is 6.07 Å². The number of nitriles is 1. The van der Waals surface area contributed by atoms with Crippen molar-refractivity contribution in [2.24, 2.45) is 0 Å². The highest BCUT2D eigenvalue weighted by Gasteiger charge is 2.13. The standard InChI is InChI=1S/C20H23N3O/c1-20(2,3)16-7-9-17(10-8-16)23-19(24)11-12-22-18-6-4-5-15(13-18)14-21/h4-10,13,22H,11-12H2,1-3H3,(H,23,24). The van der Waals surface area contributed by atoms with Crippen LogP contribution < -0.4 is 10.6 Å². The second kappa shape index (κ2) is 7.65. The maximum absolute atomic E-state index is 12.0. The van der Waals surface area contributed by atoms with Crippen LogP contribution in [0.15, 0.2) is 48.5 Å². The van der Waals surface area contributed by atoms with Crippen molar-refractivity contribution in [3.05, 3.63) is 59.7 Å². The van der Waals surface area contributed by atoms with E-state index in [4.69, 9.17) is 5.26 Å². The summed E-state index contributed by atoms with van der Waals surface area (Å²) in [5, 5.41) is 14.9. The van der Waals surface area contributed by atoms with Crippen LogP contribution in [-0.2, 0) is 10.2 Å². The van der Waals surface area contributed by atoms with Crippen LogP contribution in [-0.4, -0.2) is 12.5 Å². The van der Waals surface area contributed by atoms with Crippen LogP contribution >= 0.6 is 0 Å². The Morgan fingerprint density at radius 3 is 2.42 bits per heavy atom. The monoisotopic (exact) mass is 321 g/mol. The first kappa shape index (κ1) is 17.6. The normalized spacial score (nSPS) is 10.8. The van der Waals surface area contributed by atoms with E-state index in [1.54, 1.807) is 12.1 Å². The summed E-state index contributed by atoms with van der Waals surface area (Å²) in [5.41, 5.74) is 3.59. The molecular formula is C20H23N3O. The predicted octanol–water partition coefficient (Wildman–Crippen LogP) is 4.30. The molecule has 0 atom stereocenters. The Bertz CT molecular complexity index is 737. The number of carbonyl (C=O) groups is 1. The van der Waals surface area contributed by atoms with Gasteiger partial charge in [-0.1, -0.05) is 39.0 Å². The van der Waals surface area contributed by atoms with Gasteiger partial charge in [-0.05, 0) is 41.3 Å². The molecule has 0 aromatic heterocycles. The van der Waals surface area contributed by atoms with Crippen molar-refractivity contribution >= 4 is 17.3 Å². The molecule has 2 N–H and O–H groups in total. The largest absolute Gasteiger partial charge is 0.384 e. The van der Waals surface area contributed by atoms with Gasteiger partial charge in [0.2, 0.25) is 5.91 Å². The predicted molar refractivity (Wildman–Crippen MR) is 98.0 cm³/mol. The van der Waals surface area contributed by atoms with E-state index in [0.717, 1.165) is 11.4 Å². The van der Waals surface area contributed by atoms with Gasteiger partial charge in [-0.3, -0.25) is 4.79 Å². The molecule has 4 nitrogen and oxygen atoms in total. The van der Waals surface area contributed by atoms with Crippen molar-refractivity contribution in [2.75, 3.05) is 17.2 Å². The van der Waals surface area contributed by atoms with E-state index < -0.39 is 0 Å². The lowest BCUT2D eigenvalue weighted by Gasteiger charge is -2.19. The number of rotatable bonds is 5. The quantitative estimate of drug-likeness (QED) is 0.863. The third-order valence-corrected chi connectivity index (χ3v) is 3.71. The van der Waals surface area contributed by atoms with E-state index in [2.05, 4.69) is 37.5 Å². The lowest BCUT2D eigenvalue weighted by atomic mass is 9.87. The number of amides is 1. The molecule has 0 aliphatic rings. The Morgan fingerprint density at radius 1 is 1.08 bits per heavy atom. The van der Waals surface area contributed by atoms with Gasteiger partial charge in [0.05, 0.1) is 11.6 Å². The van der Waals surface area contributed by atoms with Crippen LogP contribution in [0, 0.1) is 11.3 Å². The Labute approximate surface area is 143 Å². The minimum Gasteiger partial charge on any atom is -0.384 e.